The number of ether oxygens (including phenoxy) is 1. The number of methoxy groups -OCH3 is 1. The summed E-state index contributed by atoms with van der Waals surface area (Å²) in [4.78, 5) is 11.5. The van der Waals surface area contributed by atoms with Crippen LogP contribution in [0.3, 0.4) is 0 Å². The number of aliphatic hydroxyl groups is 1. The van der Waals surface area contributed by atoms with Gasteiger partial charge in [-0.05, 0) is 19.1 Å². The van der Waals surface area contributed by atoms with Gasteiger partial charge in [0.15, 0.2) is 0 Å². The summed E-state index contributed by atoms with van der Waals surface area (Å²) in [6.07, 6.45) is -0.902. The van der Waals surface area contributed by atoms with E-state index in [-0.39, 0.29) is 17.3 Å². The Balaban J connectivity index is 2.87. The van der Waals surface area contributed by atoms with Crippen LogP contribution in [0.15, 0.2) is 23.1 Å². The fraction of sp³-hybridized carbons (Fsp3) is 0.364. The predicted octanol–water partition coefficient (Wildman–Crippen LogP) is 2.14. The Morgan fingerprint density at radius 1 is 1.62 bits per heavy atom. The Morgan fingerprint density at radius 3 is 2.88 bits per heavy atom. The van der Waals surface area contributed by atoms with Gasteiger partial charge in [0.1, 0.15) is 5.82 Å². The van der Waals surface area contributed by atoms with Crippen molar-refractivity contribution < 1.29 is 19.0 Å². The number of thioether (sulfide) groups is 1. The number of halogens is 1. The van der Waals surface area contributed by atoms with Gasteiger partial charge in [-0.15, -0.1) is 11.8 Å². The van der Waals surface area contributed by atoms with Crippen molar-refractivity contribution in [2.75, 3.05) is 12.9 Å². The smallest absolute Gasteiger partial charge is 0.315 e. The van der Waals surface area contributed by atoms with Gasteiger partial charge in [-0.25, -0.2) is 4.39 Å². The molecule has 0 amide bonds. The summed E-state index contributed by atoms with van der Waals surface area (Å²) in [5, 5.41) is 9.44. The zero-order chi connectivity index (χ0) is 12.1. The van der Waals surface area contributed by atoms with Gasteiger partial charge in [0.05, 0.1) is 19.0 Å². The normalized spacial score (nSPS) is 12.2. The number of rotatable bonds is 4. The first-order chi connectivity index (χ1) is 7.56. The molecule has 1 aromatic rings. The molecule has 0 spiro atoms. The SMILES string of the molecule is COC(=O)CSc1cccc(F)c1[C@@H](C)O. The van der Waals surface area contributed by atoms with E-state index in [9.17, 15) is 14.3 Å². The molecule has 88 valence electrons. The highest BCUT2D eigenvalue weighted by atomic mass is 32.2. The van der Waals surface area contributed by atoms with E-state index >= 15 is 0 Å². The average molecular weight is 244 g/mol. The summed E-state index contributed by atoms with van der Waals surface area (Å²) in [5.41, 5.74) is 0.219. The highest BCUT2D eigenvalue weighted by Gasteiger charge is 2.14. The molecule has 1 N–H and O–H groups in total. The minimum absolute atomic E-state index is 0.0969. The third kappa shape index (κ3) is 3.21. The highest BCUT2D eigenvalue weighted by Crippen LogP contribution is 2.29. The number of esters is 1. The fourth-order valence-corrected chi connectivity index (χ4v) is 2.23. The highest BCUT2D eigenvalue weighted by molar-refractivity contribution is 8.00. The van der Waals surface area contributed by atoms with Crippen LogP contribution in [0, 0.1) is 5.82 Å². The second-order valence-corrected chi connectivity index (χ2v) is 4.21. The first-order valence-corrected chi connectivity index (χ1v) is 5.71. The Hall–Kier alpha value is -1.07. The summed E-state index contributed by atoms with van der Waals surface area (Å²) in [6, 6.07) is 4.49. The van der Waals surface area contributed by atoms with E-state index < -0.39 is 11.9 Å². The molecule has 0 radical (unpaired) electrons. The molecule has 5 heteroatoms. The molecule has 1 rings (SSSR count). The zero-order valence-electron chi connectivity index (χ0n) is 9.07. The lowest BCUT2D eigenvalue weighted by molar-refractivity contribution is -0.137. The van der Waals surface area contributed by atoms with E-state index in [0.717, 1.165) is 11.8 Å². The Labute approximate surface area is 97.6 Å². The van der Waals surface area contributed by atoms with Crippen molar-refractivity contribution in [3.63, 3.8) is 0 Å². The summed E-state index contributed by atoms with van der Waals surface area (Å²) >= 11 is 1.15. The van der Waals surface area contributed by atoms with Crippen molar-refractivity contribution in [3.05, 3.63) is 29.6 Å². The summed E-state index contributed by atoms with van der Waals surface area (Å²) in [6.45, 7) is 1.49. The summed E-state index contributed by atoms with van der Waals surface area (Å²) in [7, 11) is 1.30. The number of carbonyl (C=O) groups is 1. The number of hydrogen-bond donors (Lipinski definition) is 1. The second kappa shape index (κ2) is 5.86. The van der Waals surface area contributed by atoms with Gasteiger partial charge in [0, 0.05) is 10.5 Å². The van der Waals surface area contributed by atoms with Crippen LogP contribution in [0.4, 0.5) is 4.39 Å². The van der Waals surface area contributed by atoms with Crippen molar-refractivity contribution in [1.29, 1.82) is 0 Å². The van der Waals surface area contributed by atoms with E-state index in [1.807, 2.05) is 0 Å². The molecular weight excluding hydrogens is 231 g/mol. The van der Waals surface area contributed by atoms with Gasteiger partial charge in [0.2, 0.25) is 0 Å². The number of carbonyl (C=O) groups excluding carboxylic acids is 1. The van der Waals surface area contributed by atoms with Crippen molar-refractivity contribution >= 4 is 17.7 Å². The molecule has 0 heterocycles. The van der Waals surface area contributed by atoms with E-state index in [1.165, 1.54) is 20.1 Å². The average Bonchev–Trinajstić information content (AvgIpc) is 2.25. The van der Waals surface area contributed by atoms with Crippen molar-refractivity contribution in [1.82, 2.24) is 0 Å². The largest absolute Gasteiger partial charge is 0.468 e. The Bertz CT molecular complexity index is 379. The van der Waals surface area contributed by atoms with Gasteiger partial charge in [-0.3, -0.25) is 4.79 Å². The van der Waals surface area contributed by atoms with Crippen LogP contribution in [0.5, 0.6) is 0 Å². The zero-order valence-corrected chi connectivity index (χ0v) is 9.88. The second-order valence-electron chi connectivity index (χ2n) is 3.19. The number of benzene rings is 1. The lowest BCUT2D eigenvalue weighted by Gasteiger charge is -2.11. The van der Waals surface area contributed by atoms with Gasteiger partial charge in [-0.2, -0.15) is 0 Å². The van der Waals surface area contributed by atoms with Crippen molar-refractivity contribution in [2.24, 2.45) is 0 Å². The fourth-order valence-electron chi connectivity index (χ4n) is 1.24. The van der Waals surface area contributed by atoms with Crippen LogP contribution in [0.25, 0.3) is 0 Å². The molecule has 3 nitrogen and oxygen atoms in total. The number of aliphatic hydroxyl groups excluding tert-OH is 1. The van der Waals surface area contributed by atoms with Gasteiger partial charge < -0.3 is 9.84 Å². The van der Waals surface area contributed by atoms with Gasteiger partial charge in [-0.1, -0.05) is 6.07 Å². The third-order valence-electron chi connectivity index (χ3n) is 2.00. The maximum absolute atomic E-state index is 13.4. The standard InChI is InChI=1S/C11H13FO3S/c1-7(13)11-8(12)4-3-5-9(11)16-6-10(14)15-2/h3-5,7,13H,6H2,1-2H3/t7-/m1/s1. The number of hydrogen-bond acceptors (Lipinski definition) is 4. The molecule has 0 aromatic heterocycles. The minimum atomic E-state index is -0.902. The quantitative estimate of drug-likeness (QED) is 0.651. The molecule has 0 aliphatic carbocycles. The van der Waals surface area contributed by atoms with Crippen LogP contribution in [0.2, 0.25) is 0 Å². The Morgan fingerprint density at radius 2 is 2.31 bits per heavy atom. The predicted molar refractivity (Wildman–Crippen MR) is 59.8 cm³/mol. The first kappa shape index (κ1) is 13.0. The molecule has 1 atom stereocenters. The molecule has 0 saturated carbocycles. The van der Waals surface area contributed by atoms with Gasteiger partial charge >= 0.3 is 5.97 Å². The van der Waals surface area contributed by atoms with E-state index in [4.69, 9.17) is 0 Å². The van der Waals surface area contributed by atoms with Crippen LogP contribution in [-0.4, -0.2) is 23.9 Å². The Kier molecular flexibility index (Phi) is 4.76. The molecule has 16 heavy (non-hydrogen) atoms. The summed E-state index contributed by atoms with van der Waals surface area (Å²) < 4.78 is 17.9. The molecule has 0 saturated heterocycles. The summed E-state index contributed by atoms with van der Waals surface area (Å²) in [5.74, 6) is -0.754. The minimum Gasteiger partial charge on any atom is -0.468 e. The topological polar surface area (TPSA) is 46.5 Å². The molecule has 0 bridgehead atoms. The molecule has 0 aliphatic rings. The van der Waals surface area contributed by atoms with E-state index in [0.29, 0.717) is 4.90 Å². The third-order valence-corrected chi connectivity index (χ3v) is 3.05. The maximum atomic E-state index is 13.4. The van der Waals surface area contributed by atoms with Crippen LogP contribution in [0.1, 0.15) is 18.6 Å². The molecule has 1 aromatic carbocycles. The van der Waals surface area contributed by atoms with Crippen molar-refractivity contribution in [2.45, 2.75) is 17.9 Å². The molecule has 0 unspecified atom stereocenters. The van der Waals surface area contributed by atoms with Crippen LogP contribution < -0.4 is 0 Å². The maximum Gasteiger partial charge on any atom is 0.315 e. The van der Waals surface area contributed by atoms with Crippen LogP contribution in [-0.2, 0) is 9.53 Å². The monoisotopic (exact) mass is 244 g/mol. The lowest BCUT2D eigenvalue weighted by Crippen LogP contribution is -2.05. The van der Waals surface area contributed by atoms with Crippen LogP contribution >= 0.6 is 11.8 Å². The lowest BCUT2D eigenvalue weighted by atomic mass is 10.1. The van der Waals surface area contributed by atoms with E-state index in [2.05, 4.69) is 4.74 Å². The van der Waals surface area contributed by atoms with Crippen molar-refractivity contribution in [3.8, 4) is 0 Å². The van der Waals surface area contributed by atoms with Gasteiger partial charge in [0.25, 0.3) is 0 Å². The molecule has 0 fully saturated rings. The molecular formula is C11H13FO3S. The molecule has 0 aliphatic heterocycles. The first-order valence-electron chi connectivity index (χ1n) is 4.72. The van der Waals surface area contributed by atoms with E-state index in [1.54, 1.807) is 12.1 Å².